The highest BCUT2D eigenvalue weighted by Crippen LogP contribution is 2.50. The van der Waals surface area contributed by atoms with Crippen LogP contribution < -0.4 is 0 Å². The average molecular weight is 237 g/mol. The van der Waals surface area contributed by atoms with Gasteiger partial charge >= 0.3 is 6.18 Å². The van der Waals surface area contributed by atoms with Crippen LogP contribution in [-0.4, -0.2) is 6.10 Å². The maximum atomic E-state index is 12.4. The first-order valence-electron chi connectivity index (χ1n) is 4.38. The molecule has 0 saturated carbocycles. The number of halogens is 4. The van der Waals surface area contributed by atoms with Gasteiger partial charge < -0.3 is 4.74 Å². The fourth-order valence-corrected chi connectivity index (χ4v) is 1.68. The van der Waals surface area contributed by atoms with Gasteiger partial charge in [-0.3, -0.25) is 0 Å². The predicted octanol–water partition coefficient (Wildman–Crippen LogP) is 3.52. The van der Waals surface area contributed by atoms with Crippen molar-refractivity contribution in [2.24, 2.45) is 0 Å². The summed E-state index contributed by atoms with van der Waals surface area (Å²) in [5.74, 6) is 0. The fraction of sp³-hybridized carbons (Fsp3) is 0.400. The van der Waals surface area contributed by atoms with Crippen LogP contribution in [0.1, 0.15) is 18.1 Å². The molecule has 0 bridgehead atoms. The van der Waals surface area contributed by atoms with Crippen molar-refractivity contribution in [2.75, 3.05) is 0 Å². The van der Waals surface area contributed by atoms with Crippen LogP contribution in [0.25, 0.3) is 0 Å². The molecular weight excluding hydrogens is 229 g/mol. The molecule has 82 valence electrons. The first-order chi connectivity index (χ1) is 6.84. The summed E-state index contributed by atoms with van der Waals surface area (Å²) in [7, 11) is 0. The molecule has 0 spiro atoms. The summed E-state index contributed by atoms with van der Waals surface area (Å²) in [6, 6.07) is 4.90. The summed E-state index contributed by atoms with van der Waals surface area (Å²) in [6.07, 6.45) is -4.59. The van der Waals surface area contributed by atoms with Gasteiger partial charge in [0, 0.05) is 5.56 Å². The molecular formula is C10H8ClF3O. The Morgan fingerprint density at radius 3 is 2.47 bits per heavy atom. The topological polar surface area (TPSA) is 12.5 Å². The summed E-state index contributed by atoms with van der Waals surface area (Å²) < 4.78 is 42.2. The normalized spacial score (nSPS) is 30.3. The standard InChI is InChI=1S/C10H8ClF3O/c1-6-9(11,15-6)7-3-2-4-8(5-7)10(12,13)14/h2-6H,1H3. The smallest absolute Gasteiger partial charge is 0.345 e. The van der Waals surface area contributed by atoms with Crippen molar-refractivity contribution in [2.45, 2.75) is 24.3 Å². The third kappa shape index (κ3) is 1.84. The Bertz CT molecular complexity index is 390. The Labute approximate surface area is 89.8 Å². The minimum Gasteiger partial charge on any atom is -0.345 e. The Morgan fingerprint density at radius 1 is 1.40 bits per heavy atom. The summed E-state index contributed by atoms with van der Waals surface area (Å²) >= 11 is 5.95. The molecule has 1 aromatic rings. The van der Waals surface area contributed by atoms with Crippen molar-refractivity contribution in [3.8, 4) is 0 Å². The van der Waals surface area contributed by atoms with E-state index in [1.807, 2.05) is 0 Å². The Kier molecular flexibility index (Phi) is 2.24. The largest absolute Gasteiger partial charge is 0.416 e. The van der Waals surface area contributed by atoms with E-state index >= 15 is 0 Å². The minimum absolute atomic E-state index is 0.248. The molecule has 1 heterocycles. The van der Waals surface area contributed by atoms with E-state index in [9.17, 15) is 13.2 Å². The van der Waals surface area contributed by atoms with Gasteiger partial charge in [0.15, 0.2) is 5.06 Å². The van der Waals surface area contributed by atoms with E-state index in [0.717, 1.165) is 12.1 Å². The minimum atomic E-state index is -4.35. The van der Waals surface area contributed by atoms with Gasteiger partial charge in [0.25, 0.3) is 0 Å². The molecule has 0 aliphatic carbocycles. The van der Waals surface area contributed by atoms with Crippen LogP contribution in [0.5, 0.6) is 0 Å². The number of rotatable bonds is 1. The first-order valence-corrected chi connectivity index (χ1v) is 4.76. The Morgan fingerprint density at radius 2 is 2.00 bits per heavy atom. The number of hydrogen-bond acceptors (Lipinski definition) is 1. The summed E-state index contributed by atoms with van der Waals surface area (Å²) in [5.41, 5.74) is -0.353. The molecule has 1 saturated heterocycles. The maximum absolute atomic E-state index is 12.4. The zero-order chi connectivity index (χ0) is 11.3. The second-order valence-corrected chi connectivity index (χ2v) is 4.05. The Hall–Kier alpha value is -0.740. The lowest BCUT2D eigenvalue weighted by Crippen LogP contribution is -2.08. The van der Waals surface area contributed by atoms with Crippen LogP contribution in [0, 0.1) is 0 Å². The van der Waals surface area contributed by atoms with Gasteiger partial charge in [0.05, 0.1) is 5.56 Å². The Balaban J connectivity index is 2.36. The van der Waals surface area contributed by atoms with Gasteiger partial charge in [0.1, 0.15) is 6.10 Å². The molecule has 1 aromatic carbocycles. The van der Waals surface area contributed by atoms with Crippen molar-refractivity contribution >= 4 is 11.6 Å². The van der Waals surface area contributed by atoms with Crippen LogP contribution in [0.2, 0.25) is 0 Å². The van der Waals surface area contributed by atoms with E-state index in [2.05, 4.69) is 0 Å². The highest BCUT2D eigenvalue weighted by atomic mass is 35.5. The van der Waals surface area contributed by atoms with E-state index in [1.54, 1.807) is 6.92 Å². The number of alkyl halides is 4. The molecule has 15 heavy (non-hydrogen) atoms. The number of ether oxygens (including phenoxy) is 1. The monoisotopic (exact) mass is 236 g/mol. The zero-order valence-electron chi connectivity index (χ0n) is 7.81. The zero-order valence-corrected chi connectivity index (χ0v) is 8.56. The summed E-state index contributed by atoms with van der Waals surface area (Å²) in [5, 5.41) is -1.07. The van der Waals surface area contributed by atoms with Crippen LogP contribution in [-0.2, 0) is 16.0 Å². The molecule has 1 nitrogen and oxygen atoms in total. The van der Waals surface area contributed by atoms with E-state index in [1.165, 1.54) is 12.1 Å². The molecule has 0 N–H and O–H groups in total. The molecule has 2 rings (SSSR count). The van der Waals surface area contributed by atoms with Crippen LogP contribution in [0.15, 0.2) is 24.3 Å². The predicted molar refractivity (Wildman–Crippen MR) is 49.5 cm³/mol. The molecule has 1 aliphatic heterocycles. The van der Waals surface area contributed by atoms with Gasteiger partial charge in [-0.05, 0) is 19.1 Å². The first kappa shape index (κ1) is 10.8. The van der Waals surface area contributed by atoms with Crippen molar-refractivity contribution in [1.82, 2.24) is 0 Å². The fourth-order valence-electron chi connectivity index (χ4n) is 1.43. The quantitative estimate of drug-likeness (QED) is 0.537. The van der Waals surface area contributed by atoms with Crippen molar-refractivity contribution < 1.29 is 17.9 Å². The van der Waals surface area contributed by atoms with Gasteiger partial charge in [-0.25, -0.2) is 0 Å². The van der Waals surface area contributed by atoms with Gasteiger partial charge in [-0.1, -0.05) is 23.7 Å². The molecule has 0 radical (unpaired) electrons. The van der Waals surface area contributed by atoms with E-state index < -0.39 is 16.8 Å². The lowest BCUT2D eigenvalue weighted by atomic mass is 10.1. The molecule has 5 heteroatoms. The third-order valence-electron chi connectivity index (χ3n) is 2.40. The van der Waals surface area contributed by atoms with E-state index in [0.29, 0.717) is 5.56 Å². The van der Waals surface area contributed by atoms with Crippen molar-refractivity contribution in [1.29, 1.82) is 0 Å². The highest BCUT2D eigenvalue weighted by Gasteiger charge is 2.54. The van der Waals surface area contributed by atoms with E-state index in [4.69, 9.17) is 16.3 Å². The SMILES string of the molecule is CC1OC1(Cl)c1cccc(C(F)(F)F)c1. The molecule has 2 atom stereocenters. The molecule has 0 amide bonds. The third-order valence-corrected chi connectivity index (χ3v) is 3.01. The number of epoxide rings is 1. The number of benzene rings is 1. The van der Waals surface area contributed by atoms with Crippen LogP contribution in [0.3, 0.4) is 0 Å². The lowest BCUT2D eigenvalue weighted by molar-refractivity contribution is -0.137. The van der Waals surface area contributed by atoms with Gasteiger partial charge in [-0.15, -0.1) is 0 Å². The highest BCUT2D eigenvalue weighted by molar-refractivity contribution is 6.25. The van der Waals surface area contributed by atoms with Crippen LogP contribution >= 0.6 is 11.6 Å². The number of hydrogen-bond donors (Lipinski definition) is 0. The summed E-state index contributed by atoms with van der Waals surface area (Å²) in [6.45, 7) is 1.72. The van der Waals surface area contributed by atoms with Gasteiger partial charge in [0.2, 0.25) is 0 Å². The second kappa shape index (κ2) is 3.12. The molecule has 0 aromatic heterocycles. The maximum Gasteiger partial charge on any atom is 0.416 e. The van der Waals surface area contributed by atoms with Gasteiger partial charge in [-0.2, -0.15) is 13.2 Å². The van der Waals surface area contributed by atoms with Crippen LogP contribution in [0.4, 0.5) is 13.2 Å². The van der Waals surface area contributed by atoms with E-state index in [-0.39, 0.29) is 6.10 Å². The molecule has 1 fully saturated rings. The molecule has 2 unspecified atom stereocenters. The average Bonchev–Trinajstić information content (AvgIpc) is 2.75. The van der Waals surface area contributed by atoms with Crippen molar-refractivity contribution in [3.05, 3.63) is 35.4 Å². The lowest BCUT2D eigenvalue weighted by Gasteiger charge is -2.09. The van der Waals surface area contributed by atoms with Crippen molar-refractivity contribution in [3.63, 3.8) is 0 Å². The molecule has 1 aliphatic rings. The summed E-state index contributed by atoms with van der Waals surface area (Å²) in [4.78, 5) is 0. The second-order valence-electron chi connectivity index (χ2n) is 3.48.